The predicted octanol–water partition coefficient (Wildman–Crippen LogP) is 1.96. The second kappa shape index (κ2) is 7.22. The summed E-state index contributed by atoms with van der Waals surface area (Å²) < 4.78 is 0. The van der Waals surface area contributed by atoms with Crippen LogP contribution < -0.4 is 10.6 Å². The third kappa shape index (κ3) is 4.86. The first-order valence-corrected chi connectivity index (χ1v) is 7.08. The minimum absolute atomic E-state index is 0.102. The lowest BCUT2D eigenvalue weighted by Crippen LogP contribution is -2.34. The van der Waals surface area contributed by atoms with E-state index in [4.69, 9.17) is 0 Å². The van der Waals surface area contributed by atoms with E-state index in [1.54, 1.807) is 30.1 Å². The summed E-state index contributed by atoms with van der Waals surface area (Å²) in [6.07, 6.45) is 0. The van der Waals surface area contributed by atoms with Crippen molar-refractivity contribution < 1.29 is 9.59 Å². The molecule has 0 heterocycles. The quantitative estimate of drug-likeness (QED) is 0.872. The highest BCUT2D eigenvalue weighted by Gasteiger charge is 2.23. The zero-order valence-corrected chi connectivity index (χ0v) is 13.5. The maximum Gasteiger partial charge on any atom is 0.255 e. The summed E-state index contributed by atoms with van der Waals surface area (Å²) in [5, 5.41) is 5.85. The summed E-state index contributed by atoms with van der Waals surface area (Å²) in [6, 6.07) is 7.09. The SMILES string of the molecule is CNCCN(C)C(=O)c1ccccc1NC(=O)C(C)(C)C. The van der Waals surface area contributed by atoms with Crippen molar-refractivity contribution in [3.8, 4) is 0 Å². The standard InChI is InChI=1S/C16H25N3O2/c1-16(2,3)15(21)18-13-9-7-6-8-12(13)14(20)19(5)11-10-17-4/h6-9,17H,10-11H2,1-5H3,(H,18,21). The molecule has 0 bridgehead atoms. The van der Waals surface area contributed by atoms with Gasteiger partial charge in [0, 0.05) is 25.6 Å². The normalized spacial score (nSPS) is 11.1. The number of anilines is 1. The second-order valence-electron chi connectivity index (χ2n) is 6.08. The van der Waals surface area contributed by atoms with Crippen LogP contribution >= 0.6 is 0 Å². The molecule has 0 atom stereocenters. The Hall–Kier alpha value is -1.88. The first-order chi connectivity index (χ1) is 9.77. The fraction of sp³-hybridized carbons (Fsp3) is 0.500. The van der Waals surface area contributed by atoms with Crippen molar-refractivity contribution in [3.05, 3.63) is 29.8 Å². The van der Waals surface area contributed by atoms with Gasteiger partial charge in [0.25, 0.3) is 5.91 Å². The molecule has 0 aliphatic rings. The number of carbonyl (C=O) groups is 2. The van der Waals surface area contributed by atoms with Gasteiger partial charge in [-0.25, -0.2) is 0 Å². The number of hydrogen-bond acceptors (Lipinski definition) is 3. The number of benzene rings is 1. The molecule has 0 spiro atoms. The highest BCUT2D eigenvalue weighted by Crippen LogP contribution is 2.21. The summed E-state index contributed by atoms with van der Waals surface area (Å²) in [7, 11) is 3.60. The van der Waals surface area contributed by atoms with Gasteiger partial charge in [0.05, 0.1) is 11.3 Å². The van der Waals surface area contributed by atoms with E-state index >= 15 is 0 Å². The third-order valence-electron chi connectivity index (χ3n) is 3.13. The Morgan fingerprint density at radius 3 is 2.38 bits per heavy atom. The van der Waals surface area contributed by atoms with Crippen LogP contribution in [0.5, 0.6) is 0 Å². The van der Waals surface area contributed by atoms with Gasteiger partial charge in [-0.2, -0.15) is 0 Å². The number of amides is 2. The Balaban J connectivity index is 2.94. The van der Waals surface area contributed by atoms with Crippen molar-refractivity contribution in [1.82, 2.24) is 10.2 Å². The van der Waals surface area contributed by atoms with Crippen LogP contribution in [-0.2, 0) is 4.79 Å². The minimum atomic E-state index is -0.506. The molecule has 0 aliphatic carbocycles. The molecule has 2 N–H and O–H groups in total. The van der Waals surface area contributed by atoms with E-state index in [2.05, 4.69) is 10.6 Å². The molecule has 0 saturated carbocycles. The van der Waals surface area contributed by atoms with E-state index in [-0.39, 0.29) is 11.8 Å². The molecule has 0 unspecified atom stereocenters. The van der Waals surface area contributed by atoms with Crippen molar-refractivity contribution in [2.45, 2.75) is 20.8 Å². The molecule has 21 heavy (non-hydrogen) atoms. The van der Waals surface area contributed by atoms with Gasteiger partial charge in [-0.05, 0) is 19.2 Å². The van der Waals surface area contributed by atoms with Crippen LogP contribution in [0.1, 0.15) is 31.1 Å². The van der Waals surface area contributed by atoms with Gasteiger partial charge in [0.1, 0.15) is 0 Å². The van der Waals surface area contributed by atoms with Crippen LogP contribution in [-0.4, -0.2) is 43.9 Å². The molecule has 2 amide bonds. The van der Waals surface area contributed by atoms with Crippen molar-refractivity contribution in [1.29, 1.82) is 0 Å². The fourth-order valence-corrected chi connectivity index (χ4v) is 1.68. The molecule has 1 aromatic carbocycles. The minimum Gasteiger partial charge on any atom is -0.340 e. The van der Waals surface area contributed by atoms with Gasteiger partial charge in [-0.3, -0.25) is 9.59 Å². The molecular formula is C16H25N3O2. The third-order valence-corrected chi connectivity index (χ3v) is 3.13. The lowest BCUT2D eigenvalue weighted by Gasteiger charge is -2.21. The van der Waals surface area contributed by atoms with Gasteiger partial charge in [0.15, 0.2) is 0 Å². The predicted molar refractivity (Wildman–Crippen MR) is 85.4 cm³/mol. The molecule has 0 radical (unpaired) electrons. The molecule has 1 aromatic rings. The molecule has 5 nitrogen and oxygen atoms in total. The highest BCUT2D eigenvalue weighted by molar-refractivity contribution is 6.04. The lowest BCUT2D eigenvalue weighted by atomic mass is 9.95. The summed E-state index contributed by atoms with van der Waals surface area (Å²) in [5.41, 5.74) is 0.557. The highest BCUT2D eigenvalue weighted by atomic mass is 16.2. The maximum atomic E-state index is 12.4. The van der Waals surface area contributed by atoms with Gasteiger partial charge >= 0.3 is 0 Å². The number of para-hydroxylation sites is 1. The smallest absolute Gasteiger partial charge is 0.255 e. The first kappa shape index (κ1) is 17.2. The summed E-state index contributed by atoms with van der Waals surface area (Å²) in [6.45, 7) is 6.85. The maximum absolute atomic E-state index is 12.4. The van der Waals surface area contributed by atoms with Crippen LogP contribution in [0.2, 0.25) is 0 Å². The zero-order valence-electron chi connectivity index (χ0n) is 13.5. The van der Waals surface area contributed by atoms with Gasteiger partial charge in [-0.1, -0.05) is 32.9 Å². The summed E-state index contributed by atoms with van der Waals surface area (Å²) >= 11 is 0. The van der Waals surface area contributed by atoms with Crippen molar-refractivity contribution >= 4 is 17.5 Å². The monoisotopic (exact) mass is 291 g/mol. The van der Waals surface area contributed by atoms with Crippen LogP contribution in [0.25, 0.3) is 0 Å². The Morgan fingerprint density at radius 2 is 1.81 bits per heavy atom. The number of carbonyl (C=O) groups excluding carboxylic acids is 2. The van der Waals surface area contributed by atoms with Crippen molar-refractivity contribution in [3.63, 3.8) is 0 Å². The van der Waals surface area contributed by atoms with E-state index in [9.17, 15) is 9.59 Å². The van der Waals surface area contributed by atoms with Crippen molar-refractivity contribution in [2.24, 2.45) is 5.41 Å². The summed E-state index contributed by atoms with van der Waals surface area (Å²) in [5.74, 6) is -0.212. The number of rotatable bonds is 5. The van der Waals surface area contributed by atoms with E-state index < -0.39 is 5.41 Å². The largest absolute Gasteiger partial charge is 0.340 e. The average Bonchev–Trinajstić information content (AvgIpc) is 2.43. The summed E-state index contributed by atoms with van der Waals surface area (Å²) in [4.78, 5) is 26.2. The molecule has 116 valence electrons. The molecular weight excluding hydrogens is 266 g/mol. The van der Waals surface area contributed by atoms with Crippen LogP contribution in [0.3, 0.4) is 0 Å². The van der Waals surface area contributed by atoms with E-state index in [0.29, 0.717) is 17.8 Å². The Bertz CT molecular complexity index is 506. The average molecular weight is 291 g/mol. The van der Waals surface area contributed by atoms with E-state index in [1.165, 1.54) is 0 Å². The fourth-order valence-electron chi connectivity index (χ4n) is 1.68. The molecule has 0 aromatic heterocycles. The number of nitrogens with one attached hydrogen (secondary N) is 2. The molecule has 1 rings (SSSR count). The Labute approximate surface area is 126 Å². The van der Waals surface area contributed by atoms with Gasteiger partial charge in [0.2, 0.25) is 5.91 Å². The molecule has 0 fully saturated rings. The topological polar surface area (TPSA) is 61.4 Å². The van der Waals surface area contributed by atoms with Crippen molar-refractivity contribution in [2.75, 3.05) is 32.5 Å². The second-order valence-corrected chi connectivity index (χ2v) is 6.08. The van der Waals surface area contributed by atoms with Gasteiger partial charge < -0.3 is 15.5 Å². The Morgan fingerprint density at radius 1 is 1.19 bits per heavy atom. The number of hydrogen-bond donors (Lipinski definition) is 2. The molecule has 0 aliphatic heterocycles. The van der Waals surface area contributed by atoms with Crippen LogP contribution in [0.15, 0.2) is 24.3 Å². The Kier molecular flexibility index (Phi) is 5.90. The number of nitrogens with zero attached hydrogens (tertiary/aromatic N) is 1. The van der Waals surface area contributed by atoms with Crippen LogP contribution in [0, 0.1) is 5.41 Å². The lowest BCUT2D eigenvalue weighted by molar-refractivity contribution is -0.123. The van der Waals surface area contributed by atoms with Crippen LogP contribution in [0.4, 0.5) is 5.69 Å². The van der Waals surface area contributed by atoms with E-state index in [1.807, 2.05) is 33.9 Å². The van der Waals surface area contributed by atoms with Gasteiger partial charge in [-0.15, -0.1) is 0 Å². The molecule has 0 saturated heterocycles. The number of likely N-dealkylation sites (N-methyl/N-ethyl adjacent to an activating group) is 2. The van der Waals surface area contributed by atoms with E-state index in [0.717, 1.165) is 6.54 Å². The first-order valence-electron chi connectivity index (χ1n) is 7.08. The zero-order chi connectivity index (χ0) is 16.0. The molecule has 5 heteroatoms.